The van der Waals surface area contributed by atoms with Crippen molar-refractivity contribution in [2.75, 3.05) is 11.5 Å². The lowest BCUT2D eigenvalue weighted by molar-refractivity contribution is 0.164. The highest BCUT2D eigenvalue weighted by Crippen LogP contribution is 2.32. The van der Waals surface area contributed by atoms with Crippen molar-refractivity contribution >= 4 is 11.8 Å². The normalized spacial score (nSPS) is 22.9. The van der Waals surface area contributed by atoms with Crippen molar-refractivity contribution in [3.8, 4) is 11.4 Å². The zero-order valence-electron chi connectivity index (χ0n) is 9.72. The highest BCUT2D eigenvalue weighted by Gasteiger charge is 2.32. The van der Waals surface area contributed by atoms with Crippen LogP contribution in [0.5, 0.6) is 0 Å². The number of aliphatic hydroxyl groups is 1. The third-order valence-electron chi connectivity index (χ3n) is 2.93. The first-order chi connectivity index (χ1) is 9.13. The van der Waals surface area contributed by atoms with Gasteiger partial charge in [-0.3, -0.25) is 0 Å². The van der Waals surface area contributed by atoms with E-state index in [-0.39, 0.29) is 17.3 Å². The highest BCUT2D eigenvalue weighted by molar-refractivity contribution is 7.99. The van der Waals surface area contributed by atoms with E-state index in [1.165, 1.54) is 0 Å². The van der Waals surface area contributed by atoms with Crippen molar-refractivity contribution in [1.29, 1.82) is 0 Å². The fraction of sp³-hybridized carbons (Fsp3) is 0.333. The molecule has 0 radical (unpaired) electrons. The zero-order valence-corrected chi connectivity index (χ0v) is 10.5. The van der Waals surface area contributed by atoms with Gasteiger partial charge in [-0.25, -0.2) is 8.78 Å². The molecule has 1 aromatic carbocycles. The number of benzene rings is 1. The van der Waals surface area contributed by atoms with E-state index < -0.39 is 17.7 Å². The number of thioether (sulfide) groups is 1. The minimum Gasteiger partial charge on any atom is -0.391 e. The summed E-state index contributed by atoms with van der Waals surface area (Å²) in [5, 5.41) is 13.4. The molecular weight excluding hydrogens is 274 g/mol. The number of rotatable bonds is 2. The monoisotopic (exact) mass is 284 g/mol. The summed E-state index contributed by atoms with van der Waals surface area (Å²) in [6, 6.07) is 3.05. The molecule has 2 aromatic rings. The molecule has 2 atom stereocenters. The van der Waals surface area contributed by atoms with Crippen LogP contribution >= 0.6 is 11.8 Å². The first-order valence-corrected chi connectivity index (χ1v) is 6.85. The largest absolute Gasteiger partial charge is 0.391 e. The van der Waals surface area contributed by atoms with Crippen molar-refractivity contribution < 1.29 is 18.4 Å². The Balaban J connectivity index is 1.92. The first-order valence-electron chi connectivity index (χ1n) is 5.69. The van der Waals surface area contributed by atoms with Crippen molar-refractivity contribution in [3.05, 3.63) is 35.7 Å². The van der Waals surface area contributed by atoms with Crippen molar-refractivity contribution in [2.24, 2.45) is 0 Å². The number of aliphatic hydroxyl groups excluding tert-OH is 1. The second-order valence-corrected chi connectivity index (χ2v) is 5.40. The predicted molar refractivity (Wildman–Crippen MR) is 65.7 cm³/mol. The Kier molecular flexibility index (Phi) is 3.24. The lowest BCUT2D eigenvalue weighted by Crippen LogP contribution is -2.15. The molecule has 0 spiro atoms. The average molecular weight is 284 g/mol. The van der Waals surface area contributed by atoms with Crippen LogP contribution in [0.25, 0.3) is 11.4 Å². The molecule has 2 heterocycles. The zero-order chi connectivity index (χ0) is 13.4. The van der Waals surface area contributed by atoms with E-state index in [9.17, 15) is 13.9 Å². The molecule has 1 N–H and O–H groups in total. The van der Waals surface area contributed by atoms with E-state index in [0.29, 0.717) is 17.4 Å². The fourth-order valence-corrected chi connectivity index (χ4v) is 3.19. The number of nitrogens with zero attached hydrogens (tertiary/aromatic N) is 2. The van der Waals surface area contributed by atoms with Crippen molar-refractivity contribution in [3.63, 3.8) is 0 Å². The van der Waals surface area contributed by atoms with Gasteiger partial charge in [0.05, 0.1) is 12.0 Å². The van der Waals surface area contributed by atoms with Crippen LogP contribution in [0.3, 0.4) is 0 Å². The summed E-state index contributed by atoms with van der Waals surface area (Å²) in [7, 11) is 0. The van der Waals surface area contributed by atoms with Gasteiger partial charge in [0.1, 0.15) is 11.6 Å². The van der Waals surface area contributed by atoms with Gasteiger partial charge < -0.3 is 9.63 Å². The standard InChI is InChI=1S/C12H10F2N2O2S/c13-7-1-6(2-8(14)3-7)11-15-12(18-16-11)9-4-19-5-10(9)17/h1-3,9-10,17H,4-5H2. The summed E-state index contributed by atoms with van der Waals surface area (Å²) in [5.74, 6) is 0.132. The SMILES string of the molecule is OC1CSCC1c1nc(-c2cc(F)cc(F)c2)no1. The number of hydrogen-bond donors (Lipinski definition) is 1. The van der Waals surface area contributed by atoms with Crippen LogP contribution in [0.2, 0.25) is 0 Å². The summed E-state index contributed by atoms with van der Waals surface area (Å²) >= 11 is 1.60. The van der Waals surface area contributed by atoms with E-state index in [2.05, 4.69) is 10.1 Å². The smallest absolute Gasteiger partial charge is 0.233 e. The molecule has 4 nitrogen and oxygen atoms in total. The minimum atomic E-state index is -0.696. The van der Waals surface area contributed by atoms with Gasteiger partial charge in [-0.1, -0.05) is 5.16 Å². The predicted octanol–water partition coefficient (Wildman–Crippen LogP) is 2.21. The van der Waals surface area contributed by atoms with Crippen LogP contribution < -0.4 is 0 Å². The molecule has 1 saturated heterocycles. The summed E-state index contributed by atoms with van der Waals surface area (Å²) in [6.07, 6.45) is -0.525. The summed E-state index contributed by atoms with van der Waals surface area (Å²) in [6.45, 7) is 0. The number of halogens is 2. The molecule has 0 saturated carbocycles. The number of hydrogen-bond acceptors (Lipinski definition) is 5. The molecule has 7 heteroatoms. The van der Waals surface area contributed by atoms with Crippen LogP contribution in [-0.2, 0) is 0 Å². The van der Waals surface area contributed by atoms with Gasteiger partial charge in [0.25, 0.3) is 0 Å². The molecule has 3 rings (SSSR count). The first kappa shape index (κ1) is 12.6. The van der Waals surface area contributed by atoms with Crippen molar-refractivity contribution in [2.45, 2.75) is 12.0 Å². The number of aromatic nitrogens is 2. The van der Waals surface area contributed by atoms with Crippen LogP contribution in [0.15, 0.2) is 22.7 Å². The second-order valence-electron chi connectivity index (χ2n) is 4.33. The maximum absolute atomic E-state index is 13.1. The van der Waals surface area contributed by atoms with Gasteiger partial charge in [0.15, 0.2) is 0 Å². The molecule has 0 amide bonds. The Morgan fingerprint density at radius 3 is 2.58 bits per heavy atom. The van der Waals surface area contributed by atoms with E-state index in [0.717, 1.165) is 18.2 Å². The second kappa shape index (κ2) is 4.90. The van der Waals surface area contributed by atoms with Gasteiger partial charge in [-0.15, -0.1) is 0 Å². The fourth-order valence-electron chi connectivity index (χ4n) is 1.96. The maximum atomic E-state index is 13.1. The minimum absolute atomic E-state index is 0.123. The summed E-state index contributed by atoms with van der Waals surface area (Å²) in [5.41, 5.74) is 0.215. The summed E-state index contributed by atoms with van der Waals surface area (Å²) < 4.78 is 31.3. The summed E-state index contributed by atoms with van der Waals surface area (Å²) in [4.78, 5) is 4.11. The Bertz CT molecular complexity index is 585. The highest BCUT2D eigenvalue weighted by atomic mass is 32.2. The van der Waals surface area contributed by atoms with Crippen LogP contribution in [0.4, 0.5) is 8.78 Å². The van der Waals surface area contributed by atoms with Crippen LogP contribution in [0.1, 0.15) is 11.8 Å². The van der Waals surface area contributed by atoms with E-state index in [4.69, 9.17) is 4.52 Å². The molecule has 1 fully saturated rings. The lowest BCUT2D eigenvalue weighted by atomic mass is 10.1. The van der Waals surface area contributed by atoms with Gasteiger partial charge in [-0.05, 0) is 12.1 Å². The average Bonchev–Trinajstić information content (AvgIpc) is 2.95. The molecule has 1 aliphatic rings. The van der Waals surface area contributed by atoms with E-state index in [1.54, 1.807) is 11.8 Å². The van der Waals surface area contributed by atoms with Crippen molar-refractivity contribution in [1.82, 2.24) is 10.1 Å². The Hall–Kier alpha value is -1.47. The third-order valence-corrected chi connectivity index (χ3v) is 4.10. The van der Waals surface area contributed by atoms with E-state index in [1.807, 2.05) is 0 Å². The maximum Gasteiger partial charge on any atom is 0.233 e. The quantitative estimate of drug-likeness (QED) is 0.916. The van der Waals surface area contributed by atoms with E-state index >= 15 is 0 Å². The third kappa shape index (κ3) is 2.48. The molecule has 100 valence electrons. The molecule has 19 heavy (non-hydrogen) atoms. The molecule has 2 unspecified atom stereocenters. The molecule has 1 aromatic heterocycles. The van der Waals surface area contributed by atoms with Crippen LogP contribution in [-0.4, -0.2) is 32.9 Å². The van der Waals surface area contributed by atoms with Crippen LogP contribution in [0, 0.1) is 11.6 Å². The van der Waals surface area contributed by atoms with Gasteiger partial charge in [0, 0.05) is 23.1 Å². The van der Waals surface area contributed by atoms with Gasteiger partial charge >= 0.3 is 0 Å². The Morgan fingerprint density at radius 2 is 1.95 bits per heavy atom. The Morgan fingerprint density at radius 1 is 1.21 bits per heavy atom. The molecule has 0 bridgehead atoms. The molecule has 0 aliphatic carbocycles. The van der Waals surface area contributed by atoms with Gasteiger partial charge in [0.2, 0.25) is 11.7 Å². The molecule has 1 aliphatic heterocycles. The topological polar surface area (TPSA) is 59.2 Å². The molecular formula is C12H10F2N2O2S. The van der Waals surface area contributed by atoms with Gasteiger partial charge in [-0.2, -0.15) is 16.7 Å². The lowest BCUT2D eigenvalue weighted by Gasteiger charge is -2.06. The Labute approximate surface area is 111 Å².